The fraction of sp³-hybridized carbons (Fsp3) is 0.600. The van der Waals surface area contributed by atoms with E-state index in [0.717, 1.165) is 18.5 Å². The second-order valence-corrected chi connectivity index (χ2v) is 3.32. The molecular weight excluding hydrogens is 164 g/mol. The van der Waals surface area contributed by atoms with E-state index in [-0.39, 0.29) is 0 Å². The van der Waals surface area contributed by atoms with Crippen molar-refractivity contribution >= 4 is 0 Å². The minimum atomic E-state index is -0.665. The summed E-state index contributed by atoms with van der Waals surface area (Å²) in [5.74, 6) is 0. The molecule has 1 rings (SSSR count). The maximum Gasteiger partial charge on any atom is 0.103 e. The van der Waals surface area contributed by atoms with Gasteiger partial charge in [0.1, 0.15) is 5.60 Å². The quantitative estimate of drug-likeness (QED) is 0.553. The lowest BCUT2D eigenvalue weighted by Gasteiger charge is -2.22. The standard InChI is InChI=1S/C10H18N2O/c1-3-9(4-6-11-2)10(13)5-7-12-8-10/h3-4,6,11-13H,5,7-8H2,1-2H3/b6-4-,9-3+. The molecule has 0 amide bonds. The fourth-order valence-electron chi connectivity index (χ4n) is 1.62. The lowest BCUT2D eigenvalue weighted by atomic mass is 9.92. The van der Waals surface area contributed by atoms with Crippen LogP contribution in [0, 0.1) is 0 Å². The number of nitrogens with one attached hydrogen (secondary N) is 2. The summed E-state index contributed by atoms with van der Waals surface area (Å²) in [5, 5.41) is 16.2. The van der Waals surface area contributed by atoms with Gasteiger partial charge in [-0.05, 0) is 37.7 Å². The Kier molecular flexibility index (Phi) is 3.51. The summed E-state index contributed by atoms with van der Waals surface area (Å²) in [4.78, 5) is 0. The highest BCUT2D eigenvalue weighted by atomic mass is 16.3. The van der Waals surface area contributed by atoms with Crippen molar-refractivity contribution in [2.45, 2.75) is 18.9 Å². The monoisotopic (exact) mass is 182 g/mol. The van der Waals surface area contributed by atoms with Crippen LogP contribution in [0.15, 0.2) is 23.9 Å². The molecule has 1 atom stereocenters. The normalized spacial score (nSPS) is 29.9. The third-order valence-corrected chi connectivity index (χ3v) is 2.41. The number of hydrogen-bond donors (Lipinski definition) is 3. The number of rotatable bonds is 3. The molecule has 1 heterocycles. The molecule has 74 valence electrons. The highest BCUT2D eigenvalue weighted by molar-refractivity contribution is 5.30. The molecule has 0 aromatic rings. The predicted molar refractivity (Wildman–Crippen MR) is 54.4 cm³/mol. The average Bonchev–Trinajstić information content (AvgIpc) is 2.54. The molecule has 0 saturated carbocycles. The highest BCUT2D eigenvalue weighted by Gasteiger charge is 2.33. The van der Waals surface area contributed by atoms with Gasteiger partial charge in [0.2, 0.25) is 0 Å². The zero-order valence-corrected chi connectivity index (χ0v) is 8.30. The first-order chi connectivity index (χ1) is 6.23. The van der Waals surface area contributed by atoms with Gasteiger partial charge in [-0.1, -0.05) is 6.08 Å². The van der Waals surface area contributed by atoms with Crippen molar-refractivity contribution in [3.8, 4) is 0 Å². The van der Waals surface area contributed by atoms with E-state index in [1.54, 1.807) is 0 Å². The topological polar surface area (TPSA) is 44.3 Å². The van der Waals surface area contributed by atoms with Gasteiger partial charge in [0.25, 0.3) is 0 Å². The Morgan fingerprint density at radius 3 is 2.85 bits per heavy atom. The number of hydrogen-bond acceptors (Lipinski definition) is 3. The molecule has 13 heavy (non-hydrogen) atoms. The van der Waals surface area contributed by atoms with Gasteiger partial charge in [-0.3, -0.25) is 0 Å². The summed E-state index contributed by atoms with van der Waals surface area (Å²) in [7, 11) is 1.85. The molecule has 1 aliphatic heterocycles. The molecular formula is C10H18N2O. The fourth-order valence-corrected chi connectivity index (χ4v) is 1.62. The van der Waals surface area contributed by atoms with E-state index >= 15 is 0 Å². The third-order valence-electron chi connectivity index (χ3n) is 2.41. The van der Waals surface area contributed by atoms with E-state index in [1.807, 2.05) is 32.3 Å². The van der Waals surface area contributed by atoms with Gasteiger partial charge in [-0.15, -0.1) is 0 Å². The summed E-state index contributed by atoms with van der Waals surface area (Å²) in [6.07, 6.45) is 6.51. The second kappa shape index (κ2) is 4.44. The lowest BCUT2D eigenvalue weighted by molar-refractivity contribution is 0.104. The average molecular weight is 182 g/mol. The van der Waals surface area contributed by atoms with Gasteiger partial charge in [0, 0.05) is 13.6 Å². The van der Waals surface area contributed by atoms with Crippen molar-refractivity contribution in [3.63, 3.8) is 0 Å². The van der Waals surface area contributed by atoms with Crippen LogP contribution in [-0.4, -0.2) is 30.8 Å². The van der Waals surface area contributed by atoms with Crippen LogP contribution in [0.2, 0.25) is 0 Å². The Morgan fingerprint density at radius 2 is 2.38 bits per heavy atom. The molecule has 0 aromatic heterocycles. The molecule has 1 fully saturated rings. The van der Waals surface area contributed by atoms with Crippen LogP contribution < -0.4 is 10.6 Å². The predicted octanol–water partition coefficient (Wildman–Crippen LogP) is 0.390. The molecule has 3 N–H and O–H groups in total. The number of aliphatic hydroxyl groups is 1. The molecule has 0 spiro atoms. The van der Waals surface area contributed by atoms with E-state index in [2.05, 4.69) is 10.6 Å². The molecule has 0 radical (unpaired) electrons. The maximum atomic E-state index is 10.2. The van der Waals surface area contributed by atoms with Crippen LogP contribution in [0.1, 0.15) is 13.3 Å². The maximum absolute atomic E-state index is 10.2. The minimum absolute atomic E-state index is 0.653. The first kappa shape index (κ1) is 10.3. The van der Waals surface area contributed by atoms with Crippen molar-refractivity contribution in [3.05, 3.63) is 23.9 Å². The zero-order chi connectivity index (χ0) is 9.73. The van der Waals surface area contributed by atoms with Crippen molar-refractivity contribution < 1.29 is 5.11 Å². The molecule has 3 heteroatoms. The van der Waals surface area contributed by atoms with Gasteiger partial charge < -0.3 is 15.7 Å². The van der Waals surface area contributed by atoms with E-state index in [0.29, 0.717) is 6.54 Å². The van der Waals surface area contributed by atoms with Gasteiger partial charge in [0.15, 0.2) is 0 Å². The number of β-amino-alcohol motifs (C(OH)–C–C–N with tert-alkyl or cyclic N) is 1. The van der Waals surface area contributed by atoms with Crippen molar-refractivity contribution in [2.75, 3.05) is 20.1 Å². The first-order valence-corrected chi connectivity index (χ1v) is 4.66. The SMILES string of the molecule is C/C=C(\C=C/NC)C1(O)CCNC1. The Morgan fingerprint density at radius 1 is 1.62 bits per heavy atom. The molecule has 0 bridgehead atoms. The smallest absolute Gasteiger partial charge is 0.103 e. The van der Waals surface area contributed by atoms with Crippen molar-refractivity contribution in [1.29, 1.82) is 0 Å². The van der Waals surface area contributed by atoms with E-state index in [9.17, 15) is 5.11 Å². The van der Waals surface area contributed by atoms with Crippen LogP contribution in [0.25, 0.3) is 0 Å². The van der Waals surface area contributed by atoms with E-state index < -0.39 is 5.60 Å². The molecule has 0 aromatic carbocycles. The number of allylic oxidation sites excluding steroid dienone is 1. The van der Waals surface area contributed by atoms with Gasteiger partial charge in [-0.2, -0.15) is 0 Å². The molecule has 1 aliphatic rings. The first-order valence-electron chi connectivity index (χ1n) is 4.66. The van der Waals surface area contributed by atoms with E-state index in [4.69, 9.17) is 0 Å². The summed E-state index contributed by atoms with van der Waals surface area (Å²) in [5.41, 5.74) is 0.314. The Bertz CT molecular complexity index is 215. The zero-order valence-electron chi connectivity index (χ0n) is 8.30. The lowest BCUT2D eigenvalue weighted by Crippen LogP contribution is -2.33. The summed E-state index contributed by atoms with van der Waals surface area (Å²) in [6, 6.07) is 0. The van der Waals surface area contributed by atoms with Crippen molar-refractivity contribution in [2.24, 2.45) is 0 Å². The summed E-state index contributed by atoms with van der Waals surface area (Å²) < 4.78 is 0. The van der Waals surface area contributed by atoms with Gasteiger partial charge in [0.05, 0.1) is 0 Å². The van der Waals surface area contributed by atoms with Crippen LogP contribution in [-0.2, 0) is 0 Å². The minimum Gasteiger partial charge on any atom is -0.394 e. The van der Waals surface area contributed by atoms with E-state index in [1.165, 1.54) is 0 Å². The van der Waals surface area contributed by atoms with Crippen molar-refractivity contribution in [1.82, 2.24) is 10.6 Å². The van der Waals surface area contributed by atoms with Gasteiger partial charge >= 0.3 is 0 Å². The van der Waals surface area contributed by atoms with Gasteiger partial charge in [-0.25, -0.2) is 0 Å². The van der Waals surface area contributed by atoms with Crippen LogP contribution in [0.4, 0.5) is 0 Å². The summed E-state index contributed by atoms with van der Waals surface area (Å²) in [6.45, 7) is 3.49. The van der Waals surface area contributed by atoms with Crippen LogP contribution >= 0.6 is 0 Å². The molecule has 1 unspecified atom stereocenters. The van der Waals surface area contributed by atoms with Crippen LogP contribution in [0.5, 0.6) is 0 Å². The van der Waals surface area contributed by atoms with Crippen LogP contribution in [0.3, 0.4) is 0 Å². The summed E-state index contributed by atoms with van der Waals surface area (Å²) >= 11 is 0. The third kappa shape index (κ3) is 2.32. The highest BCUT2D eigenvalue weighted by Crippen LogP contribution is 2.24. The molecule has 3 nitrogen and oxygen atoms in total. The molecule has 0 aliphatic carbocycles. The molecule has 1 saturated heterocycles. The Labute approximate surface area is 79.5 Å². The largest absolute Gasteiger partial charge is 0.394 e. The second-order valence-electron chi connectivity index (χ2n) is 3.32. The Hall–Kier alpha value is -0.800. The Balaban J connectivity index is 2.71.